The van der Waals surface area contributed by atoms with E-state index in [9.17, 15) is 9.59 Å². The maximum absolute atomic E-state index is 12.1. The van der Waals surface area contributed by atoms with Gasteiger partial charge in [0, 0.05) is 12.6 Å². The Morgan fingerprint density at radius 2 is 1.83 bits per heavy atom. The minimum Gasteiger partial charge on any atom is -0.430 e. The van der Waals surface area contributed by atoms with Crippen molar-refractivity contribution in [2.45, 2.75) is 53.1 Å². The first-order chi connectivity index (χ1) is 11.3. The zero-order valence-electron chi connectivity index (χ0n) is 14.9. The van der Waals surface area contributed by atoms with Gasteiger partial charge in [-0.25, -0.2) is 4.79 Å². The number of benzene rings is 1. The summed E-state index contributed by atoms with van der Waals surface area (Å²) in [5.74, 6) is 1.69. The predicted molar refractivity (Wildman–Crippen MR) is 93.0 cm³/mol. The Morgan fingerprint density at radius 1 is 1.17 bits per heavy atom. The molecule has 0 spiro atoms. The van der Waals surface area contributed by atoms with Crippen LogP contribution in [0.3, 0.4) is 0 Å². The molecule has 132 valence electrons. The van der Waals surface area contributed by atoms with Crippen molar-refractivity contribution >= 4 is 17.7 Å². The van der Waals surface area contributed by atoms with Gasteiger partial charge in [0.1, 0.15) is 11.9 Å². The average molecular weight is 333 g/mol. The SMILES string of the molecule is CC(=O)Nc1ccc(OC(=O)OC2CC(C)CCC2C(C)C)cc1. The molecule has 1 amide bonds. The summed E-state index contributed by atoms with van der Waals surface area (Å²) in [7, 11) is 0. The highest BCUT2D eigenvalue weighted by Crippen LogP contribution is 2.35. The number of rotatable bonds is 4. The molecule has 0 aliphatic heterocycles. The van der Waals surface area contributed by atoms with E-state index in [1.165, 1.54) is 13.3 Å². The summed E-state index contributed by atoms with van der Waals surface area (Å²) in [5.41, 5.74) is 0.657. The van der Waals surface area contributed by atoms with E-state index >= 15 is 0 Å². The largest absolute Gasteiger partial charge is 0.514 e. The zero-order chi connectivity index (χ0) is 17.7. The lowest BCUT2D eigenvalue weighted by atomic mass is 9.75. The second-order valence-electron chi connectivity index (χ2n) is 7.04. The van der Waals surface area contributed by atoms with Crippen LogP contribution in [0.15, 0.2) is 24.3 Å². The number of nitrogens with one attached hydrogen (secondary N) is 1. The maximum atomic E-state index is 12.1. The Bertz CT molecular complexity index is 567. The molecule has 1 aromatic rings. The molecule has 0 heterocycles. The number of amides is 1. The van der Waals surface area contributed by atoms with Crippen molar-refractivity contribution in [3.05, 3.63) is 24.3 Å². The Labute approximate surface area is 143 Å². The van der Waals surface area contributed by atoms with E-state index < -0.39 is 6.16 Å². The van der Waals surface area contributed by atoms with Crippen LogP contribution in [0.4, 0.5) is 10.5 Å². The molecule has 1 aromatic carbocycles. The predicted octanol–water partition coefficient (Wildman–Crippen LogP) is 4.62. The quantitative estimate of drug-likeness (QED) is 0.645. The molecule has 1 saturated carbocycles. The molecule has 0 bridgehead atoms. The van der Waals surface area contributed by atoms with E-state index in [2.05, 4.69) is 26.1 Å². The maximum Gasteiger partial charge on any atom is 0.514 e. The lowest BCUT2D eigenvalue weighted by molar-refractivity contribution is -0.114. The highest BCUT2D eigenvalue weighted by molar-refractivity contribution is 5.88. The summed E-state index contributed by atoms with van der Waals surface area (Å²) >= 11 is 0. The van der Waals surface area contributed by atoms with Crippen LogP contribution in [-0.4, -0.2) is 18.2 Å². The number of carbonyl (C=O) groups excluding carboxylic acids is 2. The Balaban J connectivity index is 1.92. The molecular formula is C19H27NO4. The highest BCUT2D eigenvalue weighted by Gasteiger charge is 2.33. The van der Waals surface area contributed by atoms with Gasteiger partial charge in [-0.15, -0.1) is 0 Å². The summed E-state index contributed by atoms with van der Waals surface area (Å²) < 4.78 is 10.9. The molecule has 0 aromatic heterocycles. The van der Waals surface area contributed by atoms with Gasteiger partial charge >= 0.3 is 6.16 Å². The molecule has 0 radical (unpaired) electrons. The second kappa shape index (κ2) is 8.18. The van der Waals surface area contributed by atoms with E-state index in [1.54, 1.807) is 24.3 Å². The molecule has 1 fully saturated rings. The average Bonchev–Trinajstić information content (AvgIpc) is 2.48. The first-order valence-electron chi connectivity index (χ1n) is 8.61. The molecule has 1 aliphatic carbocycles. The van der Waals surface area contributed by atoms with Gasteiger partial charge in [0.2, 0.25) is 5.91 Å². The smallest absolute Gasteiger partial charge is 0.430 e. The molecule has 0 saturated heterocycles. The number of carbonyl (C=O) groups is 2. The number of ether oxygens (including phenoxy) is 2. The summed E-state index contributed by atoms with van der Waals surface area (Å²) in [5, 5.41) is 2.66. The molecule has 3 unspecified atom stereocenters. The summed E-state index contributed by atoms with van der Waals surface area (Å²) in [4.78, 5) is 23.1. The van der Waals surface area contributed by atoms with Crippen LogP contribution in [0.1, 0.15) is 47.0 Å². The van der Waals surface area contributed by atoms with Crippen LogP contribution < -0.4 is 10.1 Å². The Morgan fingerprint density at radius 3 is 2.42 bits per heavy atom. The molecule has 3 atom stereocenters. The highest BCUT2D eigenvalue weighted by atomic mass is 16.7. The van der Waals surface area contributed by atoms with Gasteiger partial charge in [-0.05, 0) is 54.9 Å². The summed E-state index contributed by atoms with van der Waals surface area (Å²) in [6, 6.07) is 6.64. The Kier molecular flexibility index (Phi) is 6.23. The first-order valence-corrected chi connectivity index (χ1v) is 8.61. The third kappa shape index (κ3) is 5.25. The van der Waals surface area contributed by atoms with E-state index in [0.717, 1.165) is 12.8 Å². The molecule has 5 heteroatoms. The topological polar surface area (TPSA) is 64.6 Å². The van der Waals surface area contributed by atoms with Gasteiger partial charge < -0.3 is 14.8 Å². The van der Waals surface area contributed by atoms with E-state index in [-0.39, 0.29) is 12.0 Å². The molecule has 5 nitrogen and oxygen atoms in total. The molecule has 1 N–H and O–H groups in total. The number of anilines is 1. The minimum absolute atomic E-state index is 0.0834. The van der Waals surface area contributed by atoms with Crippen LogP contribution in [0.25, 0.3) is 0 Å². The van der Waals surface area contributed by atoms with Crippen molar-refractivity contribution in [1.82, 2.24) is 0 Å². The lowest BCUT2D eigenvalue weighted by Crippen LogP contribution is -2.36. The third-order valence-corrected chi connectivity index (χ3v) is 4.58. The van der Waals surface area contributed by atoms with Crippen LogP contribution in [-0.2, 0) is 9.53 Å². The van der Waals surface area contributed by atoms with E-state index in [1.807, 2.05) is 0 Å². The fourth-order valence-corrected chi connectivity index (χ4v) is 3.30. The van der Waals surface area contributed by atoms with Gasteiger partial charge in [-0.1, -0.05) is 27.2 Å². The fourth-order valence-electron chi connectivity index (χ4n) is 3.30. The first kappa shape index (κ1) is 18.3. The molecule has 2 rings (SSSR count). The number of hydrogen-bond donors (Lipinski definition) is 1. The van der Waals surface area contributed by atoms with Crippen LogP contribution >= 0.6 is 0 Å². The van der Waals surface area contributed by atoms with Crippen LogP contribution in [0, 0.1) is 17.8 Å². The van der Waals surface area contributed by atoms with Crippen LogP contribution in [0.5, 0.6) is 5.75 Å². The fraction of sp³-hybridized carbons (Fsp3) is 0.579. The van der Waals surface area contributed by atoms with Gasteiger partial charge in [0.15, 0.2) is 0 Å². The number of hydrogen-bond acceptors (Lipinski definition) is 4. The summed E-state index contributed by atoms with van der Waals surface area (Å²) in [6.07, 6.45) is 2.41. The van der Waals surface area contributed by atoms with Crippen molar-refractivity contribution in [2.24, 2.45) is 17.8 Å². The Hall–Kier alpha value is -2.04. The van der Waals surface area contributed by atoms with Crippen molar-refractivity contribution in [1.29, 1.82) is 0 Å². The monoisotopic (exact) mass is 333 g/mol. The second-order valence-corrected chi connectivity index (χ2v) is 7.04. The zero-order valence-corrected chi connectivity index (χ0v) is 14.9. The van der Waals surface area contributed by atoms with E-state index in [4.69, 9.17) is 9.47 Å². The molecule has 1 aliphatic rings. The van der Waals surface area contributed by atoms with Gasteiger partial charge in [-0.2, -0.15) is 0 Å². The normalized spacial score (nSPS) is 23.6. The minimum atomic E-state index is -0.660. The van der Waals surface area contributed by atoms with Gasteiger partial charge in [0.05, 0.1) is 0 Å². The molecule has 24 heavy (non-hydrogen) atoms. The van der Waals surface area contributed by atoms with Gasteiger partial charge in [0.25, 0.3) is 0 Å². The van der Waals surface area contributed by atoms with Crippen molar-refractivity contribution in [2.75, 3.05) is 5.32 Å². The standard InChI is InChI=1S/C19H27NO4/c1-12(2)17-10-5-13(3)11-18(17)24-19(22)23-16-8-6-15(7-9-16)20-14(4)21/h6-9,12-13,17-18H,5,10-11H2,1-4H3,(H,20,21). The summed E-state index contributed by atoms with van der Waals surface area (Å²) in [6.45, 7) is 7.98. The van der Waals surface area contributed by atoms with Crippen molar-refractivity contribution in [3.8, 4) is 5.75 Å². The van der Waals surface area contributed by atoms with Gasteiger partial charge in [-0.3, -0.25) is 4.79 Å². The van der Waals surface area contributed by atoms with Crippen LogP contribution in [0.2, 0.25) is 0 Å². The third-order valence-electron chi connectivity index (χ3n) is 4.58. The van der Waals surface area contributed by atoms with E-state index in [0.29, 0.717) is 29.2 Å². The van der Waals surface area contributed by atoms with Crippen molar-refractivity contribution < 1.29 is 19.1 Å². The van der Waals surface area contributed by atoms with Crippen molar-refractivity contribution in [3.63, 3.8) is 0 Å². The molecular weight excluding hydrogens is 306 g/mol. The lowest BCUT2D eigenvalue weighted by Gasteiger charge is -2.36.